The number of para-hydroxylation sites is 1. The number of pyridine rings is 2. The molecule has 1 aliphatic rings. The predicted molar refractivity (Wildman–Crippen MR) is 194 cm³/mol. The summed E-state index contributed by atoms with van der Waals surface area (Å²) < 4.78 is 11.4. The second-order valence-electron chi connectivity index (χ2n) is 12.7. The Kier molecular flexibility index (Phi) is 5.44. The number of imidazole rings is 1. The topological polar surface area (TPSA) is 42.7 Å². The van der Waals surface area contributed by atoms with Gasteiger partial charge >= 0.3 is 0 Å². The summed E-state index contributed by atoms with van der Waals surface area (Å²) in [7, 11) is 0. The van der Waals surface area contributed by atoms with Crippen LogP contribution in [0.5, 0.6) is 11.5 Å². The van der Waals surface area contributed by atoms with Gasteiger partial charge in [-0.05, 0) is 71.6 Å². The molecule has 0 fully saturated rings. The van der Waals surface area contributed by atoms with Crippen molar-refractivity contribution < 1.29 is 4.74 Å². The number of benzene rings is 5. The van der Waals surface area contributed by atoms with E-state index in [0.717, 1.165) is 50.6 Å². The number of thiophene rings is 1. The van der Waals surface area contributed by atoms with Crippen LogP contribution in [-0.4, -0.2) is 14.4 Å². The molecule has 0 bridgehead atoms. The zero-order valence-electron chi connectivity index (χ0n) is 25.8. The van der Waals surface area contributed by atoms with Crippen molar-refractivity contribution in [3.8, 4) is 11.5 Å². The highest BCUT2D eigenvalue weighted by Gasteiger charge is 2.37. The van der Waals surface area contributed by atoms with E-state index >= 15 is 0 Å². The summed E-state index contributed by atoms with van der Waals surface area (Å²) in [5, 5.41) is 6.00. The lowest BCUT2D eigenvalue weighted by Gasteiger charge is -2.40. The Morgan fingerprint density at radius 2 is 1.47 bits per heavy atom. The van der Waals surface area contributed by atoms with Gasteiger partial charge in [0, 0.05) is 66.6 Å². The molecule has 224 valence electrons. The summed E-state index contributed by atoms with van der Waals surface area (Å²) in [6, 6.07) is 40.8. The number of nitrogens with zero attached hydrogens (tertiary/aromatic N) is 4. The largest absolute Gasteiger partial charge is 0.457 e. The Bertz CT molecular complexity index is 2670. The minimum Gasteiger partial charge on any atom is -0.457 e. The van der Waals surface area contributed by atoms with Crippen LogP contribution < -0.4 is 9.64 Å². The molecule has 9 aromatic rings. The molecule has 0 unspecified atom stereocenters. The maximum absolute atomic E-state index is 6.60. The van der Waals surface area contributed by atoms with Crippen LogP contribution in [-0.2, 0) is 5.41 Å². The Labute approximate surface area is 274 Å². The molecule has 0 amide bonds. The van der Waals surface area contributed by atoms with Crippen LogP contribution in [0.25, 0.3) is 47.5 Å². The lowest BCUT2D eigenvalue weighted by atomic mass is 9.74. The van der Waals surface area contributed by atoms with Crippen molar-refractivity contribution in [2.24, 2.45) is 0 Å². The van der Waals surface area contributed by atoms with E-state index in [1.807, 2.05) is 41.9 Å². The second-order valence-corrected chi connectivity index (χ2v) is 13.8. The standard InChI is InChI=1S/C41H28N4OS/c1-41(2)33-12-4-5-14-35(33)45(40-34(41)13-8-18-42-40)25-9-7-10-26(21-25)46-27-16-17-28-30-24-38-31(29-11-3-6-15-37(29)47-38)23-36(30)44-20-19-43-39(44)32(28)22-27/h3-24H,1-2H3. The fourth-order valence-corrected chi connectivity index (χ4v) is 8.61. The zero-order valence-corrected chi connectivity index (χ0v) is 26.6. The van der Waals surface area contributed by atoms with Crippen molar-refractivity contribution >= 4 is 76.0 Å². The lowest BCUT2D eigenvalue weighted by molar-refractivity contribution is 0.483. The maximum atomic E-state index is 6.60. The third-order valence-electron chi connectivity index (χ3n) is 9.72. The third kappa shape index (κ3) is 3.82. The molecule has 0 N–H and O–H groups in total. The van der Waals surface area contributed by atoms with Crippen molar-refractivity contribution in [2.45, 2.75) is 19.3 Å². The van der Waals surface area contributed by atoms with Crippen LogP contribution in [0.1, 0.15) is 25.0 Å². The van der Waals surface area contributed by atoms with Crippen LogP contribution in [0, 0.1) is 0 Å². The molecule has 5 heterocycles. The van der Waals surface area contributed by atoms with Crippen LogP contribution in [0.2, 0.25) is 0 Å². The zero-order chi connectivity index (χ0) is 31.3. The highest BCUT2D eigenvalue weighted by atomic mass is 32.1. The molecule has 0 saturated carbocycles. The van der Waals surface area contributed by atoms with Crippen molar-refractivity contribution in [1.82, 2.24) is 14.4 Å². The number of anilines is 3. The van der Waals surface area contributed by atoms with E-state index in [4.69, 9.17) is 14.7 Å². The van der Waals surface area contributed by atoms with Gasteiger partial charge in [-0.1, -0.05) is 62.4 Å². The molecule has 5 aromatic carbocycles. The van der Waals surface area contributed by atoms with Crippen LogP contribution in [0.4, 0.5) is 17.2 Å². The summed E-state index contributed by atoms with van der Waals surface area (Å²) in [5.41, 5.74) is 6.50. The first-order valence-electron chi connectivity index (χ1n) is 15.8. The Balaban J connectivity index is 1.09. The van der Waals surface area contributed by atoms with E-state index in [1.165, 1.54) is 36.7 Å². The normalized spacial score (nSPS) is 13.9. The van der Waals surface area contributed by atoms with Crippen molar-refractivity contribution in [2.75, 3.05) is 4.90 Å². The Hall–Kier alpha value is -5.72. The summed E-state index contributed by atoms with van der Waals surface area (Å²) in [4.78, 5) is 11.9. The van der Waals surface area contributed by atoms with Crippen LogP contribution >= 0.6 is 11.3 Å². The minimum atomic E-state index is -0.166. The van der Waals surface area contributed by atoms with Crippen LogP contribution in [0.15, 0.2) is 134 Å². The first-order chi connectivity index (χ1) is 23.0. The van der Waals surface area contributed by atoms with Gasteiger partial charge in [0.15, 0.2) is 0 Å². The van der Waals surface area contributed by atoms with E-state index in [0.29, 0.717) is 0 Å². The molecule has 0 radical (unpaired) electrons. The van der Waals surface area contributed by atoms with Crippen LogP contribution in [0.3, 0.4) is 0 Å². The van der Waals surface area contributed by atoms with Gasteiger partial charge in [-0.15, -0.1) is 11.3 Å². The molecule has 47 heavy (non-hydrogen) atoms. The monoisotopic (exact) mass is 624 g/mol. The summed E-state index contributed by atoms with van der Waals surface area (Å²) >= 11 is 1.84. The number of hydrogen-bond acceptors (Lipinski definition) is 5. The summed E-state index contributed by atoms with van der Waals surface area (Å²) in [5.74, 6) is 2.47. The quantitative estimate of drug-likeness (QED) is 0.183. The van der Waals surface area contributed by atoms with Gasteiger partial charge in [-0.25, -0.2) is 9.97 Å². The molecule has 0 spiro atoms. The van der Waals surface area contributed by atoms with Crippen molar-refractivity contribution in [3.05, 3.63) is 145 Å². The molecule has 4 aromatic heterocycles. The molecule has 10 rings (SSSR count). The summed E-state index contributed by atoms with van der Waals surface area (Å²) in [6.07, 6.45) is 5.81. The van der Waals surface area contributed by atoms with E-state index in [-0.39, 0.29) is 5.41 Å². The number of ether oxygens (including phenoxy) is 1. The molecule has 1 aliphatic heterocycles. The molecule has 0 atom stereocenters. The number of fused-ring (bicyclic) bond motifs is 11. The van der Waals surface area contributed by atoms with E-state index < -0.39 is 0 Å². The molecular formula is C41H28N4OS. The number of rotatable bonds is 3. The SMILES string of the molecule is CC1(C)c2ccccc2N(c2cccc(Oc3ccc4c5cc6sc7ccccc7c6cc5n5ccnc5c4c3)c2)c2ncccc21. The first-order valence-corrected chi connectivity index (χ1v) is 16.6. The minimum absolute atomic E-state index is 0.166. The molecule has 0 aliphatic carbocycles. The predicted octanol–water partition coefficient (Wildman–Crippen LogP) is 11.3. The highest BCUT2D eigenvalue weighted by molar-refractivity contribution is 7.25. The fourth-order valence-electron chi connectivity index (χ4n) is 7.48. The molecule has 5 nitrogen and oxygen atoms in total. The average molecular weight is 625 g/mol. The summed E-state index contributed by atoms with van der Waals surface area (Å²) in [6.45, 7) is 4.54. The average Bonchev–Trinajstić information content (AvgIpc) is 3.74. The van der Waals surface area contributed by atoms with Gasteiger partial charge in [0.2, 0.25) is 0 Å². The molecule has 0 saturated heterocycles. The Morgan fingerprint density at radius 1 is 0.617 bits per heavy atom. The first kappa shape index (κ1) is 26.5. The molecule has 6 heteroatoms. The third-order valence-corrected chi connectivity index (χ3v) is 10.9. The Morgan fingerprint density at radius 3 is 2.43 bits per heavy atom. The van der Waals surface area contributed by atoms with Crippen molar-refractivity contribution in [3.63, 3.8) is 0 Å². The van der Waals surface area contributed by atoms with Gasteiger partial charge in [-0.2, -0.15) is 0 Å². The van der Waals surface area contributed by atoms with E-state index in [2.05, 4.69) is 126 Å². The number of aromatic nitrogens is 3. The van der Waals surface area contributed by atoms with E-state index in [1.54, 1.807) is 0 Å². The lowest BCUT2D eigenvalue weighted by Crippen LogP contribution is -2.31. The van der Waals surface area contributed by atoms with E-state index in [9.17, 15) is 0 Å². The van der Waals surface area contributed by atoms with Crippen molar-refractivity contribution in [1.29, 1.82) is 0 Å². The smallest absolute Gasteiger partial charge is 0.145 e. The fraction of sp³-hybridized carbons (Fsp3) is 0.0732. The van der Waals surface area contributed by atoms with Gasteiger partial charge < -0.3 is 4.74 Å². The van der Waals surface area contributed by atoms with Gasteiger partial charge in [0.05, 0.1) is 16.9 Å². The molecular weight excluding hydrogens is 597 g/mol. The van der Waals surface area contributed by atoms with Gasteiger partial charge in [0.1, 0.15) is 23.0 Å². The van der Waals surface area contributed by atoms with Gasteiger partial charge in [0.25, 0.3) is 0 Å². The van der Waals surface area contributed by atoms with Gasteiger partial charge in [-0.3, -0.25) is 9.30 Å². The maximum Gasteiger partial charge on any atom is 0.145 e. The second kappa shape index (κ2) is 9.64. The number of hydrogen-bond donors (Lipinski definition) is 0. The highest BCUT2D eigenvalue weighted by Crippen LogP contribution is 2.51.